The van der Waals surface area contributed by atoms with Crippen LogP contribution in [0.2, 0.25) is 6.32 Å². The van der Waals surface area contributed by atoms with Crippen LogP contribution in [0.4, 0.5) is 0 Å². The van der Waals surface area contributed by atoms with Gasteiger partial charge in [0.2, 0.25) is 0 Å². The highest BCUT2D eigenvalue weighted by Crippen LogP contribution is 2.21. The molecule has 16 heavy (non-hydrogen) atoms. The number of nitrogens with zero attached hydrogens (tertiary/aromatic N) is 1. The van der Waals surface area contributed by atoms with Crippen LogP contribution in [0.25, 0.3) is 0 Å². The van der Waals surface area contributed by atoms with Crippen LogP contribution >= 0.6 is 0 Å². The van der Waals surface area contributed by atoms with Crippen LogP contribution < -0.4 is 0 Å². The molecule has 0 amide bonds. The minimum Gasteiger partial charge on any atom is -0.306 e. The third-order valence-corrected chi connectivity index (χ3v) is 3.49. The lowest BCUT2D eigenvalue weighted by Crippen LogP contribution is -2.44. The summed E-state index contributed by atoms with van der Waals surface area (Å²) in [4.78, 5) is 2.38. The van der Waals surface area contributed by atoms with Crippen molar-refractivity contribution in [1.29, 1.82) is 0 Å². The Labute approximate surface area is 100 Å². The Hall–Kier alpha value is -0.755. The maximum absolute atomic E-state index is 5.57. The van der Waals surface area contributed by atoms with E-state index in [0.29, 0.717) is 0 Å². The molecule has 0 aliphatic carbocycles. The number of benzene rings is 1. The lowest BCUT2D eigenvalue weighted by molar-refractivity contribution is 0.134. The van der Waals surface area contributed by atoms with Crippen molar-refractivity contribution in [2.75, 3.05) is 20.1 Å². The van der Waals surface area contributed by atoms with E-state index in [1.165, 1.54) is 36.2 Å². The highest BCUT2D eigenvalue weighted by atomic mass is 15.2. The van der Waals surface area contributed by atoms with Crippen LogP contribution in [0, 0.1) is 12.8 Å². The summed E-state index contributed by atoms with van der Waals surface area (Å²) in [6, 6.07) is 6.82. The Morgan fingerprint density at radius 3 is 2.69 bits per heavy atom. The molecule has 1 aliphatic rings. The average Bonchev–Trinajstić information content (AvgIpc) is 2.20. The van der Waals surface area contributed by atoms with E-state index in [-0.39, 0.29) is 0 Å². The molecule has 0 N–H and O–H groups in total. The van der Waals surface area contributed by atoms with Crippen LogP contribution in [-0.2, 0) is 12.8 Å². The normalized spacial score (nSPS) is 17.4. The molecule has 0 spiro atoms. The van der Waals surface area contributed by atoms with Gasteiger partial charge in [-0.1, -0.05) is 24.5 Å². The molecule has 0 saturated carbocycles. The van der Waals surface area contributed by atoms with Gasteiger partial charge in [-0.2, -0.15) is 0 Å². The molecule has 2 rings (SSSR count). The quantitative estimate of drug-likeness (QED) is 0.693. The maximum Gasteiger partial charge on any atom is 0.0657 e. The zero-order valence-corrected chi connectivity index (χ0v) is 10.4. The molecular weight excluding hydrogens is 193 g/mol. The van der Waals surface area contributed by atoms with E-state index in [4.69, 9.17) is 7.85 Å². The monoisotopic (exact) mass is 213 g/mol. The number of rotatable bonds is 4. The van der Waals surface area contributed by atoms with Crippen LogP contribution in [-0.4, -0.2) is 32.9 Å². The van der Waals surface area contributed by atoms with Gasteiger partial charge in [0, 0.05) is 13.1 Å². The van der Waals surface area contributed by atoms with Crippen LogP contribution in [0.5, 0.6) is 0 Å². The van der Waals surface area contributed by atoms with Gasteiger partial charge in [0.1, 0.15) is 0 Å². The van der Waals surface area contributed by atoms with E-state index in [9.17, 15) is 0 Å². The molecule has 1 heterocycles. The highest BCUT2D eigenvalue weighted by Gasteiger charge is 2.23. The lowest BCUT2D eigenvalue weighted by Gasteiger charge is -2.36. The van der Waals surface area contributed by atoms with Crippen molar-refractivity contribution in [3.63, 3.8) is 0 Å². The second kappa shape index (κ2) is 5.05. The summed E-state index contributed by atoms with van der Waals surface area (Å²) < 4.78 is 0. The van der Waals surface area contributed by atoms with E-state index < -0.39 is 0 Å². The molecule has 1 saturated heterocycles. The zero-order valence-electron chi connectivity index (χ0n) is 10.4. The third-order valence-electron chi connectivity index (χ3n) is 3.49. The Morgan fingerprint density at radius 2 is 2.12 bits per heavy atom. The van der Waals surface area contributed by atoms with E-state index >= 15 is 0 Å². The molecule has 2 heteroatoms. The summed E-state index contributed by atoms with van der Waals surface area (Å²) in [5, 5.41) is 0. The Kier molecular flexibility index (Phi) is 3.70. The predicted octanol–water partition coefficient (Wildman–Crippen LogP) is 2.23. The topological polar surface area (TPSA) is 3.24 Å². The first-order chi connectivity index (χ1) is 7.69. The van der Waals surface area contributed by atoms with Crippen LogP contribution in [0.1, 0.15) is 16.7 Å². The smallest absolute Gasteiger partial charge is 0.0657 e. The minimum atomic E-state index is 0.742. The highest BCUT2D eigenvalue weighted by molar-refractivity contribution is 6.08. The number of likely N-dealkylation sites (tertiary alicyclic amines) is 1. The number of hydrogen-bond donors (Lipinski definition) is 0. The van der Waals surface area contributed by atoms with E-state index in [1.54, 1.807) is 0 Å². The van der Waals surface area contributed by atoms with Crippen molar-refractivity contribution in [1.82, 2.24) is 4.90 Å². The van der Waals surface area contributed by atoms with Gasteiger partial charge in [0.25, 0.3) is 0 Å². The van der Waals surface area contributed by atoms with Gasteiger partial charge in [0.05, 0.1) is 7.85 Å². The fourth-order valence-electron chi connectivity index (χ4n) is 2.58. The molecule has 0 atom stereocenters. The maximum atomic E-state index is 5.57. The molecular formula is C14H20BN. The minimum absolute atomic E-state index is 0.742. The van der Waals surface area contributed by atoms with Gasteiger partial charge in [-0.3, -0.25) is 0 Å². The first-order valence-electron chi connectivity index (χ1n) is 6.16. The van der Waals surface area contributed by atoms with E-state index in [1.807, 2.05) is 0 Å². The van der Waals surface area contributed by atoms with Gasteiger partial charge >= 0.3 is 0 Å². The second-order valence-electron chi connectivity index (χ2n) is 5.09. The Balaban J connectivity index is 1.99. The SMILES string of the molecule is [B]CCc1ccc(CC2CN(C)C2)c(C)c1. The fourth-order valence-corrected chi connectivity index (χ4v) is 2.58. The summed E-state index contributed by atoms with van der Waals surface area (Å²) in [5.74, 6) is 0.865. The van der Waals surface area contributed by atoms with Crippen molar-refractivity contribution in [3.8, 4) is 0 Å². The summed E-state index contributed by atoms with van der Waals surface area (Å²) in [6.45, 7) is 4.73. The predicted molar refractivity (Wildman–Crippen MR) is 70.1 cm³/mol. The van der Waals surface area contributed by atoms with Gasteiger partial charge in [0.15, 0.2) is 0 Å². The largest absolute Gasteiger partial charge is 0.306 e. The number of aryl methyl sites for hydroxylation is 2. The summed E-state index contributed by atoms with van der Waals surface area (Å²) in [6.07, 6.45) is 2.97. The molecule has 1 fully saturated rings. The molecule has 0 aromatic heterocycles. The first-order valence-corrected chi connectivity index (χ1v) is 6.16. The Morgan fingerprint density at radius 1 is 1.38 bits per heavy atom. The van der Waals surface area contributed by atoms with E-state index in [0.717, 1.165) is 18.7 Å². The average molecular weight is 213 g/mol. The van der Waals surface area contributed by atoms with Crippen LogP contribution in [0.15, 0.2) is 18.2 Å². The molecule has 1 nitrogen and oxygen atoms in total. The van der Waals surface area contributed by atoms with Crippen LogP contribution in [0.3, 0.4) is 0 Å². The Bertz CT molecular complexity index is 356. The molecule has 1 aliphatic heterocycles. The standard InChI is InChI=1S/C14H20BN/c1-11-7-12(5-6-15)3-4-14(11)8-13-9-16(2)10-13/h3-4,7,13H,5-6,8-10H2,1-2H3. The fraction of sp³-hybridized carbons (Fsp3) is 0.571. The van der Waals surface area contributed by atoms with Gasteiger partial charge < -0.3 is 4.90 Å². The number of hydrogen-bond acceptors (Lipinski definition) is 1. The van der Waals surface area contributed by atoms with E-state index in [2.05, 4.69) is 37.1 Å². The van der Waals surface area contributed by atoms with Crippen molar-refractivity contribution in [2.24, 2.45) is 5.92 Å². The van der Waals surface area contributed by atoms with Gasteiger partial charge in [-0.25, -0.2) is 0 Å². The molecule has 0 bridgehead atoms. The molecule has 1 aromatic rings. The second-order valence-corrected chi connectivity index (χ2v) is 5.09. The van der Waals surface area contributed by atoms with Crippen molar-refractivity contribution >= 4 is 7.85 Å². The molecule has 2 radical (unpaired) electrons. The summed E-state index contributed by atoms with van der Waals surface area (Å²) >= 11 is 0. The lowest BCUT2D eigenvalue weighted by atomic mass is 9.89. The molecule has 84 valence electrons. The van der Waals surface area contributed by atoms with Crippen molar-refractivity contribution in [2.45, 2.75) is 26.1 Å². The van der Waals surface area contributed by atoms with Crippen molar-refractivity contribution < 1.29 is 0 Å². The molecule has 1 aromatic carbocycles. The zero-order chi connectivity index (χ0) is 11.5. The first kappa shape index (κ1) is 11.7. The van der Waals surface area contributed by atoms with Gasteiger partial charge in [-0.15, -0.1) is 0 Å². The summed E-state index contributed by atoms with van der Waals surface area (Å²) in [5.41, 5.74) is 4.31. The van der Waals surface area contributed by atoms with Crippen molar-refractivity contribution in [3.05, 3.63) is 34.9 Å². The summed E-state index contributed by atoms with van der Waals surface area (Å²) in [7, 11) is 7.76. The third kappa shape index (κ3) is 2.68. The molecule has 0 unspecified atom stereocenters. The van der Waals surface area contributed by atoms with Gasteiger partial charge in [-0.05, 0) is 49.4 Å².